The summed E-state index contributed by atoms with van der Waals surface area (Å²) < 4.78 is 2.13. The van der Waals surface area contributed by atoms with Gasteiger partial charge < -0.3 is 10.1 Å². The lowest BCUT2D eigenvalue weighted by atomic mass is 10.0. The molecule has 0 amide bonds. The molecule has 4 nitrogen and oxygen atoms in total. The zero-order valence-corrected chi connectivity index (χ0v) is 16.5. The zero-order chi connectivity index (χ0) is 19.5. The first-order valence-electron chi connectivity index (χ1n) is 9.84. The first-order valence-corrected chi connectivity index (χ1v) is 9.84. The molecule has 4 aromatic rings. The Bertz CT molecular complexity index is 1060. The molecule has 2 aromatic carbocycles. The summed E-state index contributed by atoms with van der Waals surface area (Å²) in [7, 11) is 0. The number of nitrogen functional groups attached to an aromatic ring is 1. The van der Waals surface area contributed by atoms with Crippen molar-refractivity contribution in [1.82, 2.24) is 14.3 Å². The molecule has 0 saturated heterocycles. The predicted molar refractivity (Wildman–Crippen MR) is 117 cm³/mol. The normalized spacial score (nSPS) is 11.4. The van der Waals surface area contributed by atoms with Crippen molar-refractivity contribution in [2.75, 3.05) is 18.8 Å². The molecule has 0 radical (unpaired) electrons. The second kappa shape index (κ2) is 7.87. The first kappa shape index (κ1) is 18.3. The number of pyridine rings is 1. The number of nitrogens with two attached hydrogens (primary N) is 1. The van der Waals surface area contributed by atoms with E-state index in [1.807, 2.05) is 24.4 Å². The molecule has 2 aromatic heterocycles. The average Bonchev–Trinajstić information content (AvgIpc) is 3.10. The van der Waals surface area contributed by atoms with Crippen LogP contribution in [0.2, 0.25) is 0 Å². The van der Waals surface area contributed by atoms with Crippen molar-refractivity contribution in [3.63, 3.8) is 0 Å². The molecule has 0 aliphatic rings. The van der Waals surface area contributed by atoms with Gasteiger partial charge in [0.25, 0.3) is 0 Å². The Balaban J connectivity index is 1.79. The van der Waals surface area contributed by atoms with Crippen LogP contribution in [-0.2, 0) is 6.54 Å². The van der Waals surface area contributed by atoms with Crippen LogP contribution in [0.25, 0.3) is 28.0 Å². The van der Waals surface area contributed by atoms with Crippen molar-refractivity contribution in [1.29, 1.82) is 0 Å². The van der Waals surface area contributed by atoms with E-state index < -0.39 is 0 Å². The van der Waals surface area contributed by atoms with Gasteiger partial charge in [-0.25, -0.2) is 4.98 Å². The number of anilines is 1. The summed E-state index contributed by atoms with van der Waals surface area (Å²) in [6.07, 6.45) is 1.98. The third-order valence-electron chi connectivity index (χ3n) is 5.27. The molecule has 0 unspecified atom stereocenters. The number of hydrogen-bond acceptors (Lipinski definition) is 3. The molecule has 2 N–H and O–H groups in total. The van der Waals surface area contributed by atoms with E-state index in [2.05, 4.69) is 71.7 Å². The van der Waals surface area contributed by atoms with Crippen molar-refractivity contribution in [3.05, 3.63) is 78.6 Å². The minimum atomic E-state index is 0.747. The Morgan fingerprint density at radius 2 is 1.46 bits per heavy atom. The van der Waals surface area contributed by atoms with Gasteiger partial charge in [0.1, 0.15) is 5.65 Å². The van der Waals surface area contributed by atoms with Crippen LogP contribution in [0.5, 0.6) is 0 Å². The maximum atomic E-state index is 6.06. The Kier molecular flexibility index (Phi) is 5.13. The summed E-state index contributed by atoms with van der Waals surface area (Å²) in [4.78, 5) is 7.33. The molecule has 0 saturated carbocycles. The van der Waals surface area contributed by atoms with E-state index in [9.17, 15) is 0 Å². The molecule has 4 heteroatoms. The van der Waals surface area contributed by atoms with Gasteiger partial charge in [-0.2, -0.15) is 0 Å². The Labute approximate surface area is 166 Å². The van der Waals surface area contributed by atoms with Crippen LogP contribution >= 0.6 is 0 Å². The smallest absolute Gasteiger partial charge is 0.137 e. The monoisotopic (exact) mass is 370 g/mol. The Morgan fingerprint density at radius 3 is 2.14 bits per heavy atom. The van der Waals surface area contributed by atoms with Crippen LogP contribution in [0.15, 0.2) is 72.9 Å². The van der Waals surface area contributed by atoms with Gasteiger partial charge in [0.15, 0.2) is 0 Å². The lowest BCUT2D eigenvalue weighted by molar-refractivity contribution is 0.292. The number of nitrogens with zero attached hydrogens (tertiary/aromatic N) is 3. The maximum Gasteiger partial charge on any atom is 0.137 e. The summed E-state index contributed by atoms with van der Waals surface area (Å²) in [5.74, 6) is 0. The van der Waals surface area contributed by atoms with Gasteiger partial charge in [-0.3, -0.25) is 4.90 Å². The van der Waals surface area contributed by atoms with E-state index in [1.165, 1.54) is 16.8 Å². The topological polar surface area (TPSA) is 46.6 Å². The summed E-state index contributed by atoms with van der Waals surface area (Å²) in [6, 6.07) is 23.0. The highest BCUT2D eigenvalue weighted by Crippen LogP contribution is 2.29. The van der Waals surface area contributed by atoms with E-state index >= 15 is 0 Å². The van der Waals surface area contributed by atoms with Crippen LogP contribution in [0.3, 0.4) is 0 Å². The van der Waals surface area contributed by atoms with Crippen molar-refractivity contribution in [2.24, 2.45) is 0 Å². The molecule has 0 fully saturated rings. The van der Waals surface area contributed by atoms with Gasteiger partial charge in [-0.05, 0) is 36.3 Å². The highest BCUT2D eigenvalue weighted by molar-refractivity contribution is 5.72. The summed E-state index contributed by atoms with van der Waals surface area (Å²) in [5, 5.41) is 0. The van der Waals surface area contributed by atoms with E-state index in [0.717, 1.165) is 42.2 Å². The molecule has 0 bridgehead atoms. The molecule has 4 rings (SSSR count). The van der Waals surface area contributed by atoms with Crippen LogP contribution in [0.1, 0.15) is 19.5 Å². The lowest BCUT2D eigenvalue weighted by Gasteiger charge is -2.18. The SMILES string of the molecule is CCN(CC)Cc1c(-c2ccc(-c3ccccc3)cc2)nc2ccc(N)cn12. The molecule has 28 heavy (non-hydrogen) atoms. The fraction of sp³-hybridized carbons (Fsp3) is 0.208. The van der Waals surface area contributed by atoms with E-state index in [1.54, 1.807) is 0 Å². The lowest BCUT2D eigenvalue weighted by Crippen LogP contribution is -2.23. The number of imidazole rings is 1. The van der Waals surface area contributed by atoms with Crippen LogP contribution in [0, 0.1) is 0 Å². The van der Waals surface area contributed by atoms with E-state index in [0.29, 0.717) is 0 Å². The number of aromatic nitrogens is 2. The molecule has 0 aliphatic heterocycles. The Hall–Kier alpha value is -3.11. The summed E-state index contributed by atoms with van der Waals surface area (Å²) >= 11 is 0. The highest BCUT2D eigenvalue weighted by Gasteiger charge is 2.16. The minimum Gasteiger partial charge on any atom is -0.398 e. The van der Waals surface area contributed by atoms with Crippen molar-refractivity contribution in [3.8, 4) is 22.4 Å². The maximum absolute atomic E-state index is 6.06. The summed E-state index contributed by atoms with van der Waals surface area (Å²) in [6.45, 7) is 7.22. The molecule has 0 atom stereocenters. The average molecular weight is 371 g/mol. The fourth-order valence-electron chi connectivity index (χ4n) is 3.60. The van der Waals surface area contributed by atoms with Crippen molar-refractivity contribution >= 4 is 11.3 Å². The predicted octanol–water partition coefficient (Wildman–Crippen LogP) is 5.09. The molecule has 0 aliphatic carbocycles. The summed E-state index contributed by atoms with van der Waals surface area (Å²) in [5.41, 5.74) is 13.5. The fourth-order valence-corrected chi connectivity index (χ4v) is 3.60. The molecular formula is C24H26N4. The zero-order valence-electron chi connectivity index (χ0n) is 16.5. The van der Waals surface area contributed by atoms with E-state index in [-0.39, 0.29) is 0 Å². The van der Waals surface area contributed by atoms with Gasteiger partial charge in [0.05, 0.1) is 11.4 Å². The molecule has 0 spiro atoms. The third kappa shape index (κ3) is 3.51. The molecule has 142 valence electrons. The van der Waals surface area contributed by atoms with E-state index in [4.69, 9.17) is 10.7 Å². The third-order valence-corrected chi connectivity index (χ3v) is 5.27. The second-order valence-corrected chi connectivity index (χ2v) is 7.00. The quantitative estimate of drug-likeness (QED) is 0.514. The number of benzene rings is 2. The van der Waals surface area contributed by atoms with Crippen molar-refractivity contribution in [2.45, 2.75) is 20.4 Å². The van der Waals surface area contributed by atoms with Crippen LogP contribution < -0.4 is 5.73 Å². The van der Waals surface area contributed by atoms with Gasteiger partial charge >= 0.3 is 0 Å². The Morgan fingerprint density at radius 1 is 0.821 bits per heavy atom. The number of hydrogen-bond donors (Lipinski definition) is 1. The van der Waals surface area contributed by atoms with Gasteiger partial charge in [0.2, 0.25) is 0 Å². The van der Waals surface area contributed by atoms with Crippen LogP contribution in [-0.4, -0.2) is 27.4 Å². The van der Waals surface area contributed by atoms with Crippen molar-refractivity contribution < 1.29 is 0 Å². The standard InChI is InChI=1S/C24H26N4/c1-3-27(4-2)17-22-24(26-23-15-14-21(25)16-28(22)23)20-12-10-19(11-13-20)18-8-6-5-7-9-18/h5-16H,3-4,17,25H2,1-2H3. The van der Waals surface area contributed by atoms with Crippen LogP contribution in [0.4, 0.5) is 5.69 Å². The van der Waals surface area contributed by atoms with Gasteiger partial charge in [-0.15, -0.1) is 0 Å². The molecular weight excluding hydrogens is 344 g/mol. The van der Waals surface area contributed by atoms with Gasteiger partial charge in [-0.1, -0.05) is 68.4 Å². The number of rotatable bonds is 6. The minimum absolute atomic E-state index is 0.747. The number of fused-ring (bicyclic) bond motifs is 1. The molecule has 2 heterocycles. The van der Waals surface area contributed by atoms with Gasteiger partial charge in [0, 0.05) is 24.0 Å². The second-order valence-electron chi connectivity index (χ2n) is 7.00. The largest absolute Gasteiger partial charge is 0.398 e. The first-order chi connectivity index (χ1) is 13.7. The highest BCUT2D eigenvalue weighted by atomic mass is 15.1.